The van der Waals surface area contributed by atoms with Gasteiger partial charge in [0.15, 0.2) is 5.65 Å². The average molecular weight is 253 g/mol. The lowest BCUT2D eigenvalue weighted by molar-refractivity contribution is 0.319. The first kappa shape index (κ1) is 8.38. The van der Waals surface area contributed by atoms with Gasteiger partial charge >= 0.3 is 0 Å². The highest BCUT2D eigenvalue weighted by atomic mass is 79.9. The van der Waals surface area contributed by atoms with Gasteiger partial charge in [-0.25, -0.2) is 4.98 Å². The van der Waals surface area contributed by atoms with Gasteiger partial charge in [-0.05, 0) is 22.0 Å². The van der Waals surface area contributed by atoms with Crippen molar-refractivity contribution < 1.29 is 0 Å². The minimum atomic E-state index is 0.503. The van der Waals surface area contributed by atoms with Gasteiger partial charge < -0.3 is 5.32 Å². The summed E-state index contributed by atoms with van der Waals surface area (Å²) in [6.07, 6.45) is 3.83. The third-order valence-electron chi connectivity index (χ3n) is 2.48. The average Bonchev–Trinajstić information content (AvgIpc) is 2.43. The Morgan fingerprint density at radius 3 is 3.07 bits per heavy atom. The van der Waals surface area contributed by atoms with Crippen LogP contribution in [0.3, 0.4) is 0 Å². The van der Waals surface area contributed by atoms with Gasteiger partial charge in [0.1, 0.15) is 0 Å². The van der Waals surface area contributed by atoms with Crippen LogP contribution in [0.15, 0.2) is 22.9 Å². The van der Waals surface area contributed by atoms with E-state index >= 15 is 0 Å². The SMILES string of the molecule is Brc1cnc2nn(C3CNC3)cc2c1. The van der Waals surface area contributed by atoms with E-state index in [1.807, 2.05) is 10.7 Å². The first-order chi connectivity index (χ1) is 6.83. The van der Waals surface area contributed by atoms with Crippen molar-refractivity contribution in [3.63, 3.8) is 0 Å². The molecule has 1 fully saturated rings. The monoisotopic (exact) mass is 252 g/mol. The number of fused-ring (bicyclic) bond motifs is 1. The number of nitrogens with one attached hydrogen (secondary N) is 1. The fourth-order valence-electron chi connectivity index (χ4n) is 1.55. The van der Waals surface area contributed by atoms with Crippen LogP contribution in [0.5, 0.6) is 0 Å². The quantitative estimate of drug-likeness (QED) is 0.833. The predicted octanol–water partition coefficient (Wildman–Crippen LogP) is 1.34. The van der Waals surface area contributed by atoms with Crippen LogP contribution in [-0.2, 0) is 0 Å². The lowest BCUT2D eigenvalue weighted by atomic mass is 10.2. The molecule has 0 aliphatic carbocycles. The van der Waals surface area contributed by atoms with E-state index in [1.165, 1.54) is 0 Å². The number of rotatable bonds is 1. The number of halogens is 1. The summed E-state index contributed by atoms with van der Waals surface area (Å²) in [5, 5.41) is 8.73. The molecule has 0 bridgehead atoms. The van der Waals surface area contributed by atoms with E-state index in [0.29, 0.717) is 6.04 Å². The van der Waals surface area contributed by atoms with Gasteiger partial charge in [0, 0.05) is 35.3 Å². The molecule has 0 spiro atoms. The Morgan fingerprint density at radius 1 is 1.50 bits per heavy atom. The van der Waals surface area contributed by atoms with Crippen LogP contribution in [0.25, 0.3) is 11.0 Å². The van der Waals surface area contributed by atoms with E-state index in [0.717, 1.165) is 28.6 Å². The van der Waals surface area contributed by atoms with Crippen molar-refractivity contribution in [1.29, 1.82) is 0 Å². The van der Waals surface area contributed by atoms with E-state index in [9.17, 15) is 0 Å². The molecule has 4 nitrogen and oxygen atoms in total. The van der Waals surface area contributed by atoms with Gasteiger partial charge in [-0.3, -0.25) is 4.68 Å². The Kier molecular flexibility index (Phi) is 1.81. The molecule has 1 N–H and O–H groups in total. The standard InChI is InChI=1S/C9H9BrN4/c10-7-1-6-5-14(8-3-11-4-8)13-9(6)12-2-7/h1-2,5,8,11H,3-4H2. The van der Waals surface area contributed by atoms with Gasteiger partial charge in [0.05, 0.1) is 6.04 Å². The lowest BCUT2D eigenvalue weighted by Gasteiger charge is -2.26. The van der Waals surface area contributed by atoms with E-state index < -0.39 is 0 Å². The van der Waals surface area contributed by atoms with Crippen LogP contribution in [0, 0.1) is 0 Å². The minimum absolute atomic E-state index is 0.503. The molecule has 3 rings (SSSR count). The molecule has 0 unspecified atom stereocenters. The Bertz CT molecular complexity index is 475. The number of pyridine rings is 1. The molecule has 14 heavy (non-hydrogen) atoms. The number of aromatic nitrogens is 3. The summed E-state index contributed by atoms with van der Waals surface area (Å²) in [5.41, 5.74) is 0.820. The maximum absolute atomic E-state index is 4.42. The van der Waals surface area contributed by atoms with Crippen molar-refractivity contribution in [3.8, 4) is 0 Å². The highest BCUT2D eigenvalue weighted by Crippen LogP contribution is 2.19. The first-order valence-corrected chi connectivity index (χ1v) is 5.33. The highest BCUT2D eigenvalue weighted by Gasteiger charge is 2.19. The van der Waals surface area contributed by atoms with Gasteiger partial charge in [0.25, 0.3) is 0 Å². The van der Waals surface area contributed by atoms with Crippen LogP contribution < -0.4 is 5.32 Å². The van der Waals surface area contributed by atoms with Crippen molar-refractivity contribution >= 4 is 27.0 Å². The third kappa shape index (κ3) is 1.24. The Labute approximate surface area is 89.4 Å². The molecule has 2 aromatic heterocycles. The minimum Gasteiger partial charge on any atom is -0.312 e. The van der Waals surface area contributed by atoms with Crippen LogP contribution in [0.4, 0.5) is 0 Å². The highest BCUT2D eigenvalue weighted by molar-refractivity contribution is 9.10. The Hall–Kier alpha value is -0.940. The van der Waals surface area contributed by atoms with Gasteiger partial charge in [-0.15, -0.1) is 0 Å². The van der Waals surface area contributed by atoms with Crippen molar-refractivity contribution in [2.75, 3.05) is 13.1 Å². The van der Waals surface area contributed by atoms with Crippen LogP contribution in [-0.4, -0.2) is 27.9 Å². The van der Waals surface area contributed by atoms with Crippen LogP contribution >= 0.6 is 15.9 Å². The van der Waals surface area contributed by atoms with Crippen molar-refractivity contribution in [1.82, 2.24) is 20.1 Å². The van der Waals surface area contributed by atoms with Crippen LogP contribution in [0.2, 0.25) is 0 Å². The topological polar surface area (TPSA) is 42.7 Å². The maximum atomic E-state index is 4.42. The Morgan fingerprint density at radius 2 is 2.36 bits per heavy atom. The first-order valence-electron chi connectivity index (χ1n) is 4.54. The summed E-state index contributed by atoms with van der Waals surface area (Å²) in [7, 11) is 0. The zero-order chi connectivity index (χ0) is 9.54. The molecule has 2 aromatic rings. The van der Waals surface area contributed by atoms with Gasteiger partial charge in [-0.1, -0.05) is 0 Å². The fraction of sp³-hybridized carbons (Fsp3) is 0.333. The third-order valence-corrected chi connectivity index (χ3v) is 2.91. The van der Waals surface area contributed by atoms with E-state index in [-0.39, 0.29) is 0 Å². The Balaban J connectivity index is 2.10. The van der Waals surface area contributed by atoms with Gasteiger partial charge in [0.2, 0.25) is 0 Å². The van der Waals surface area contributed by atoms with Crippen molar-refractivity contribution in [2.45, 2.75) is 6.04 Å². The molecule has 0 radical (unpaired) electrons. The smallest absolute Gasteiger partial charge is 0.181 e. The molecule has 1 saturated heterocycles. The summed E-state index contributed by atoms with van der Waals surface area (Å²) in [6.45, 7) is 2.02. The molecule has 0 aromatic carbocycles. The second-order valence-corrected chi connectivity index (χ2v) is 4.40. The van der Waals surface area contributed by atoms with Crippen molar-refractivity contribution in [2.24, 2.45) is 0 Å². The zero-order valence-electron chi connectivity index (χ0n) is 7.44. The molecule has 0 amide bonds. The molecule has 5 heteroatoms. The second-order valence-electron chi connectivity index (χ2n) is 3.49. The number of nitrogens with zero attached hydrogens (tertiary/aromatic N) is 3. The fourth-order valence-corrected chi connectivity index (χ4v) is 1.90. The number of hydrogen-bond acceptors (Lipinski definition) is 3. The normalized spacial score (nSPS) is 17.2. The summed E-state index contributed by atoms with van der Waals surface area (Å²) in [4.78, 5) is 4.24. The molecular formula is C9H9BrN4. The molecule has 1 aliphatic heterocycles. The summed E-state index contributed by atoms with van der Waals surface area (Å²) in [6, 6.07) is 2.54. The summed E-state index contributed by atoms with van der Waals surface area (Å²) in [5.74, 6) is 0. The van der Waals surface area contributed by atoms with E-state index in [1.54, 1.807) is 6.20 Å². The molecule has 0 saturated carbocycles. The van der Waals surface area contributed by atoms with Crippen molar-refractivity contribution in [3.05, 3.63) is 22.9 Å². The summed E-state index contributed by atoms with van der Waals surface area (Å²) >= 11 is 3.40. The molecule has 3 heterocycles. The predicted molar refractivity (Wildman–Crippen MR) is 57.1 cm³/mol. The lowest BCUT2D eigenvalue weighted by Crippen LogP contribution is -2.43. The molecule has 0 atom stereocenters. The molecule has 1 aliphatic rings. The largest absolute Gasteiger partial charge is 0.312 e. The molecular weight excluding hydrogens is 244 g/mol. The second kappa shape index (κ2) is 3.03. The van der Waals surface area contributed by atoms with E-state index in [2.05, 4.69) is 37.5 Å². The van der Waals surface area contributed by atoms with E-state index in [4.69, 9.17) is 0 Å². The van der Waals surface area contributed by atoms with Gasteiger partial charge in [-0.2, -0.15) is 5.10 Å². The van der Waals surface area contributed by atoms with Crippen LogP contribution in [0.1, 0.15) is 6.04 Å². The number of hydrogen-bond donors (Lipinski definition) is 1. The summed E-state index contributed by atoms with van der Waals surface area (Å²) < 4.78 is 3.00. The zero-order valence-corrected chi connectivity index (χ0v) is 9.03. The molecule has 72 valence electrons. The maximum Gasteiger partial charge on any atom is 0.181 e.